The molecule has 1 saturated carbocycles. The minimum atomic E-state index is -2.11. The van der Waals surface area contributed by atoms with E-state index in [1.807, 2.05) is 0 Å². The molecule has 0 bridgehead atoms. The third-order valence-electron chi connectivity index (χ3n) is 5.05. The lowest BCUT2D eigenvalue weighted by atomic mass is 9.98. The first-order chi connectivity index (χ1) is 9.00. The molecule has 1 unspecified atom stereocenters. The van der Waals surface area contributed by atoms with E-state index in [1.54, 1.807) is 0 Å². The van der Waals surface area contributed by atoms with Gasteiger partial charge in [0.05, 0.1) is 0 Å². The number of rotatable bonds is 3. The maximum atomic E-state index is 14.3. The Morgan fingerprint density at radius 1 is 1.30 bits per heavy atom. The van der Waals surface area contributed by atoms with Gasteiger partial charge >= 0.3 is 0 Å². The van der Waals surface area contributed by atoms with Crippen molar-refractivity contribution in [2.75, 3.05) is 7.11 Å². The van der Waals surface area contributed by atoms with Crippen LogP contribution in [-0.4, -0.2) is 50.8 Å². The van der Waals surface area contributed by atoms with Gasteiger partial charge in [0.25, 0.3) is 0 Å². The minimum Gasteiger partial charge on any atom is -0.408 e. The fraction of sp³-hybridized carbons (Fsp3) is 1.00. The first-order valence-electron chi connectivity index (χ1n) is 7.23. The Bertz CT molecular complexity index is 371. The van der Waals surface area contributed by atoms with E-state index in [4.69, 9.17) is 13.9 Å². The molecule has 1 saturated heterocycles. The molecule has 20 heavy (non-hydrogen) atoms. The highest BCUT2D eigenvalue weighted by Crippen LogP contribution is 2.48. The molecule has 1 aliphatic carbocycles. The van der Waals surface area contributed by atoms with Crippen molar-refractivity contribution in [2.45, 2.75) is 82.0 Å². The van der Waals surface area contributed by atoms with Crippen LogP contribution in [0.4, 0.5) is 4.39 Å². The number of halogens is 1. The van der Waals surface area contributed by atoms with E-state index < -0.39 is 38.6 Å². The lowest BCUT2D eigenvalue weighted by molar-refractivity contribution is -0.144. The third-order valence-corrected chi connectivity index (χ3v) is 9.53. The molecular weight excluding hydrogens is 279 g/mol. The van der Waals surface area contributed by atoms with E-state index >= 15 is 0 Å². The van der Waals surface area contributed by atoms with Gasteiger partial charge in [-0.15, -0.1) is 0 Å². The van der Waals surface area contributed by atoms with E-state index in [0.717, 1.165) is 0 Å². The Hall–Kier alpha value is -0.0131. The van der Waals surface area contributed by atoms with Crippen LogP contribution in [0.15, 0.2) is 0 Å². The van der Waals surface area contributed by atoms with E-state index in [9.17, 15) is 9.50 Å². The zero-order valence-corrected chi connectivity index (χ0v) is 14.3. The van der Waals surface area contributed by atoms with E-state index in [1.165, 1.54) is 7.11 Å². The molecule has 1 aliphatic heterocycles. The Labute approximate surface area is 121 Å². The molecule has 5 atom stereocenters. The predicted octanol–water partition coefficient (Wildman–Crippen LogP) is 2.61. The summed E-state index contributed by atoms with van der Waals surface area (Å²) in [5, 5.41) is 10.6. The molecule has 2 fully saturated rings. The zero-order valence-electron chi connectivity index (χ0n) is 13.3. The molecule has 0 aromatic rings. The van der Waals surface area contributed by atoms with Gasteiger partial charge in [-0.25, -0.2) is 4.39 Å². The molecule has 1 N–H and O–H groups in total. The summed E-state index contributed by atoms with van der Waals surface area (Å²) in [7, 11) is -0.575. The molecule has 4 nitrogen and oxygen atoms in total. The van der Waals surface area contributed by atoms with Gasteiger partial charge in [-0.1, -0.05) is 20.8 Å². The Morgan fingerprint density at radius 3 is 2.40 bits per heavy atom. The van der Waals surface area contributed by atoms with Crippen LogP contribution < -0.4 is 0 Å². The van der Waals surface area contributed by atoms with Crippen molar-refractivity contribution in [2.24, 2.45) is 0 Å². The molecule has 6 heteroatoms. The molecule has 118 valence electrons. The summed E-state index contributed by atoms with van der Waals surface area (Å²) in [5.41, 5.74) is -1.16. The quantitative estimate of drug-likeness (QED) is 0.814. The largest absolute Gasteiger partial charge is 0.408 e. The number of aliphatic hydroxyl groups is 1. The van der Waals surface area contributed by atoms with Crippen LogP contribution in [0, 0.1) is 0 Å². The van der Waals surface area contributed by atoms with Crippen LogP contribution >= 0.6 is 0 Å². The zero-order chi connectivity index (χ0) is 15.3. The highest BCUT2D eigenvalue weighted by atomic mass is 28.4. The van der Waals surface area contributed by atoms with Crippen LogP contribution in [0.1, 0.15) is 33.6 Å². The summed E-state index contributed by atoms with van der Waals surface area (Å²) in [5.74, 6) is 0. The highest BCUT2D eigenvalue weighted by molar-refractivity contribution is 6.74. The standard InChI is InChI=1S/C14H27FO4Si/c1-13(2,3)20(5,6)19-11-9(15)7-14(16)8-10(17-4)18-12(11)14/h9-12,16H,7-8H2,1-6H3/t9-,10+,11-,12?,14+/m1/s1. The van der Waals surface area contributed by atoms with E-state index in [0.29, 0.717) is 6.42 Å². The number of hydrogen-bond donors (Lipinski definition) is 1. The van der Waals surface area contributed by atoms with Crippen LogP contribution in [0.2, 0.25) is 18.1 Å². The summed E-state index contributed by atoms with van der Waals surface area (Å²) >= 11 is 0. The number of methoxy groups -OCH3 is 1. The van der Waals surface area contributed by atoms with Crippen LogP contribution in [0.5, 0.6) is 0 Å². The van der Waals surface area contributed by atoms with E-state index in [-0.39, 0.29) is 11.5 Å². The van der Waals surface area contributed by atoms with Gasteiger partial charge < -0.3 is 19.0 Å². The van der Waals surface area contributed by atoms with Gasteiger partial charge in [0, 0.05) is 20.0 Å². The monoisotopic (exact) mass is 306 g/mol. The Morgan fingerprint density at radius 2 is 1.90 bits per heavy atom. The molecule has 0 amide bonds. The van der Waals surface area contributed by atoms with Gasteiger partial charge in [0.1, 0.15) is 24.0 Å². The van der Waals surface area contributed by atoms with Crippen molar-refractivity contribution >= 4 is 8.32 Å². The minimum absolute atomic E-state index is 0.00725. The van der Waals surface area contributed by atoms with Crippen molar-refractivity contribution in [3.05, 3.63) is 0 Å². The fourth-order valence-corrected chi connectivity index (χ4v) is 4.07. The highest BCUT2D eigenvalue weighted by Gasteiger charge is 2.61. The maximum Gasteiger partial charge on any atom is 0.192 e. The van der Waals surface area contributed by atoms with Crippen molar-refractivity contribution in [3.63, 3.8) is 0 Å². The molecule has 0 aromatic heterocycles. The lowest BCUT2D eigenvalue weighted by Crippen LogP contribution is -2.50. The molecule has 1 heterocycles. The van der Waals surface area contributed by atoms with Gasteiger partial charge in [0.15, 0.2) is 14.6 Å². The lowest BCUT2D eigenvalue weighted by Gasteiger charge is -2.40. The summed E-state index contributed by atoms with van der Waals surface area (Å²) in [6, 6.07) is 0. The average molecular weight is 306 g/mol. The van der Waals surface area contributed by atoms with Crippen LogP contribution in [-0.2, 0) is 13.9 Å². The fourth-order valence-electron chi connectivity index (χ4n) is 2.76. The molecular formula is C14H27FO4Si. The van der Waals surface area contributed by atoms with Crippen molar-refractivity contribution in [1.82, 2.24) is 0 Å². The topological polar surface area (TPSA) is 47.9 Å². The molecule has 2 rings (SSSR count). The van der Waals surface area contributed by atoms with Crippen molar-refractivity contribution in [1.29, 1.82) is 0 Å². The maximum absolute atomic E-state index is 14.3. The normalized spacial score (nSPS) is 42.0. The molecule has 0 radical (unpaired) electrons. The number of hydrogen-bond acceptors (Lipinski definition) is 4. The van der Waals surface area contributed by atoms with Gasteiger partial charge in [0.2, 0.25) is 0 Å². The van der Waals surface area contributed by atoms with Crippen LogP contribution in [0.3, 0.4) is 0 Å². The summed E-state index contributed by atoms with van der Waals surface area (Å²) in [6.45, 7) is 10.5. The second-order valence-corrected chi connectivity index (χ2v) is 12.3. The second-order valence-electron chi connectivity index (χ2n) is 7.59. The molecule has 2 aliphatic rings. The van der Waals surface area contributed by atoms with Gasteiger partial charge in [-0.3, -0.25) is 0 Å². The van der Waals surface area contributed by atoms with Gasteiger partial charge in [-0.05, 0) is 18.1 Å². The summed E-state index contributed by atoms with van der Waals surface area (Å²) in [4.78, 5) is 0. The molecule has 0 aromatic carbocycles. The first kappa shape index (κ1) is 16.4. The van der Waals surface area contributed by atoms with E-state index in [2.05, 4.69) is 33.9 Å². The van der Waals surface area contributed by atoms with Gasteiger partial charge in [-0.2, -0.15) is 0 Å². The number of alkyl halides is 1. The molecule has 0 spiro atoms. The number of ether oxygens (including phenoxy) is 2. The Kier molecular flexibility index (Phi) is 4.10. The third kappa shape index (κ3) is 2.68. The van der Waals surface area contributed by atoms with Crippen molar-refractivity contribution in [3.8, 4) is 0 Å². The predicted molar refractivity (Wildman–Crippen MR) is 76.8 cm³/mol. The average Bonchev–Trinajstić information content (AvgIpc) is 2.70. The summed E-state index contributed by atoms with van der Waals surface area (Å²) < 4.78 is 31.3. The SMILES string of the molecule is CO[C@@H]1C[C@@]2(O)C[C@@H](F)[C@@H](O[Si](C)(C)C(C)(C)C)C2O1. The second kappa shape index (κ2) is 5.02. The number of fused-ring (bicyclic) bond motifs is 1. The van der Waals surface area contributed by atoms with Crippen molar-refractivity contribution < 1.29 is 23.4 Å². The van der Waals surface area contributed by atoms with Crippen LogP contribution in [0.25, 0.3) is 0 Å². The first-order valence-corrected chi connectivity index (χ1v) is 10.1. The summed E-state index contributed by atoms with van der Waals surface area (Å²) in [6.07, 6.45) is -2.60. The Balaban J connectivity index is 2.16. The smallest absolute Gasteiger partial charge is 0.192 e.